The van der Waals surface area contributed by atoms with E-state index in [0.717, 1.165) is 62.4 Å². The predicted octanol–water partition coefficient (Wildman–Crippen LogP) is 2.72. The Balaban J connectivity index is 1.63. The molecule has 0 unspecified atom stereocenters. The van der Waals surface area contributed by atoms with E-state index in [1.165, 1.54) is 6.42 Å². The molecule has 128 valence electrons. The van der Waals surface area contributed by atoms with Crippen LogP contribution in [0.2, 0.25) is 0 Å². The Morgan fingerprint density at radius 2 is 1.88 bits per heavy atom. The monoisotopic (exact) mass is 326 g/mol. The second-order valence-electron chi connectivity index (χ2n) is 6.14. The van der Waals surface area contributed by atoms with Gasteiger partial charge in [0.1, 0.15) is 11.6 Å². The molecule has 1 aliphatic heterocycles. The van der Waals surface area contributed by atoms with Gasteiger partial charge in [-0.25, -0.2) is 9.97 Å². The van der Waals surface area contributed by atoms with Crippen LogP contribution in [0.4, 0.5) is 17.6 Å². The maximum Gasteiger partial charge on any atom is 0.227 e. The van der Waals surface area contributed by atoms with Crippen LogP contribution in [0.3, 0.4) is 0 Å². The number of hydrogen-bond donors (Lipinski definition) is 1. The van der Waals surface area contributed by atoms with Gasteiger partial charge in [-0.05, 0) is 25.5 Å². The molecule has 0 amide bonds. The number of piperazine rings is 1. The molecule has 3 heterocycles. The summed E-state index contributed by atoms with van der Waals surface area (Å²) in [7, 11) is 0. The zero-order chi connectivity index (χ0) is 16.8. The van der Waals surface area contributed by atoms with Crippen molar-refractivity contribution in [3.8, 4) is 0 Å². The van der Waals surface area contributed by atoms with Gasteiger partial charge < -0.3 is 15.1 Å². The van der Waals surface area contributed by atoms with Crippen LogP contribution in [0.5, 0.6) is 0 Å². The molecule has 6 heteroatoms. The van der Waals surface area contributed by atoms with E-state index in [4.69, 9.17) is 4.98 Å². The van der Waals surface area contributed by atoms with Crippen molar-refractivity contribution in [3.63, 3.8) is 0 Å². The van der Waals surface area contributed by atoms with Crippen LogP contribution >= 0.6 is 0 Å². The largest absolute Gasteiger partial charge is 0.370 e. The maximum absolute atomic E-state index is 4.70. The first-order valence-electron chi connectivity index (χ1n) is 8.77. The van der Waals surface area contributed by atoms with E-state index in [1.807, 2.05) is 31.3 Å². The molecule has 0 saturated carbocycles. The Morgan fingerprint density at radius 1 is 1.08 bits per heavy atom. The Morgan fingerprint density at radius 3 is 2.58 bits per heavy atom. The quantitative estimate of drug-likeness (QED) is 0.824. The summed E-state index contributed by atoms with van der Waals surface area (Å²) in [5.41, 5.74) is 1.01. The Kier molecular flexibility index (Phi) is 5.46. The predicted molar refractivity (Wildman–Crippen MR) is 98.8 cm³/mol. The Bertz CT molecular complexity index is 637. The standard InChI is InChI=1S/C18H26N6/c1-3-4-8-19-16-14-15(2)21-18(22-16)24-12-10-23(11-13-24)17-7-5-6-9-20-17/h5-7,9,14H,3-4,8,10-13H2,1-2H3,(H,19,21,22). The highest BCUT2D eigenvalue weighted by atomic mass is 15.3. The van der Waals surface area contributed by atoms with Crippen molar-refractivity contribution in [2.24, 2.45) is 0 Å². The fourth-order valence-corrected chi connectivity index (χ4v) is 2.85. The lowest BCUT2D eigenvalue weighted by atomic mass is 10.3. The highest BCUT2D eigenvalue weighted by Gasteiger charge is 2.20. The minimum Gasteiger partial charge on any atom is -0.370 e. The van der Waals surface area contributed by atoms with Gasteiger partial charge in [0.15, 0.2) is 0 Å². The number of aryl methyl sites for hydroxylation is 1. The average molecular weight is 326 g/mol. The van der Waals surface area contributed by atoms with E-state index in [9.17, 15) is 0 Å². The van der Waals surface area contributed by atoms with Gasteiger partial charge in [-0.2, -0.15) is 4.98 Å². The first-order chi connectivity index (χ1) is 11.8. The lowest BCUT2D eigenvalue weighted by Crippen LogP contribution is -2.47. The second-order valence-corrected chi connectivity index (χ2v) is 6.14. The number of nitrogens with one attached hydrogen (secondary N) is 1. The Hall–Kier alpha value is -2.37. The van der Waals surface area contributed by atoms with Crippen molar-refractivity contribution in [2.75, 3.05) is 47.8 Å². The number of hydrogen-bond acceptors (Lipinski definition) is 6. The van der Waals surface area contributed by atoms with Crippen LogP contribution in [0, 0.1) is 6.92 Å². The number of nitrogens with zero attached hydrogens (tertiary/aromatic N) is 5. The normalized spacial score (nSPS) is 14.8. The van der Waals surface area contributed by atoms with Crippen molar-refractivity contribution in [1.29, 1.82) is 0 Å². The van der Waals surface area contributed by atoms with Gasteiger partial charge >= 0.3 is 0 Å². The molecule has 2 aromatic heterocycles. The maximum atomic E-state index is 4.70. The Labute approximate surface area is 143 Å². The molecule has 1 saturated heterocycles. The van der Waals surface area contributed by atoms with Gasteiger partial charge in [0, 0.05) is 50.7 Å². The lowest BCUT2D eigenvalue weighted by molar-refractivity contribution is 0.634. The van der Waals surface area contributed by atoms with Gasteiger partial charge in [-0.1, -0.05) is 19.4 Å². The van der Waals surface area contributed by atoms with E-state index < -0.39 is 0 Å². The number of rotatable bonds is 6. The van der Waals surface area contributed by atoms with Crippen LogP contribution < -0.4 is 15.1 Å². The molecular weight excluding hydrogens is 300 g/mol. The van der Waals surface area contributed by atoms with Gasteiger partial charge in [-0.3, -0.25) is 0 Å². The van der Waals surface area contributed by atoms with Gasteiger partial charge in [0.2, 0.25) is 5.95 Å². The van der Waals surface area contributed by atoms with Crippen molar-refractivity contribution >= 4 is 17.6 Å². The summed E-state index contributed by atoms with van der Waals surface area (Å²) in [5.74, 6) is 2.80. The summed E-state index contributed by atoms with van der Waals surface area (Å²) >= 11 is 0. The number of aromatic nitrogens is 3. The van der Waals surface area contributed by atoms with Crippen LogP contribution in [-0.4, -0.2) is 47.7 Å². The van der Waals surface area contributed by atoms with E-state index in [-0.39, 0.29) is 0 Å². The minimum absolute atomic E-state index is 0.828. The van der Waals surface area contributed by atoms with Gasteiger partial charge in [0.25, 0.3) is 0 Å². The summed E-state index contributed by atoms with van der Waals surface area (Å²) in [6.07, 6.45) is 4.18. The third-order valence-electron chi connectivity index (χ3n) is 4.21. The van der Waals surface area contributed by atoms with E-state index >= 15 is 0 Å². The topological polar surface area (TPSA) is 57.2 Å². The molecule has 2 aromatic rings. The zero-order valence-corrected chi connectivity index (χ0v) is 14.6. The average Bonchev–Trinajstić information content (AvgIpc) is 2.62. The molecule has 0 bridgehead atoms. The molecule has 0 radical (unpaired) electrons. The van der Waals surface area contributed by atoms with Crippen molar-refractivity contribution < 1.29 is 0 Å². The van der Waals surface area contributed by atoms with E-state index in [2.05, 4.69) is 38.1 Å². The molecule has 0 spiro atoms. The summed E-state index contributed by atoms with van der Waals surface area (Å²) in [6.45, 7) is 8.88. The highest BCUT2D eigenvalue weighted by molar-refractivity contribution is 5.46. The molecule has 6 nitrogen and oxygen atoms in total. The van der Waals surface area contributed by atoms with Gasteiger partial charge in [-0.15, -0.1) is 0 Å². The highest BCUT2D eigenvalue weighted by Crippen LogP contribution is 2.18. The minimum atomic E-state index is 0.828. The molecular formula is C18H26N6. The van der Waals surface area contributed by atoms with Crippen LogP contribution in [0.25, 0.3) is 0 Å². The second kappa shape index (κ2) is 7.95. The van der Waals surface area contributed by atoms with Crippen LogP contribution in [0.15, 0.2) is 30.5 Å². The fraction of sp³-hybridized carbons (Fsp3) is 0.500. The van der Waals surface area contributed by atoms with Crippen molar-refractivity contribution in [2.45, 2.75) is 26.7 Å². The molecule has 0 aliphatic carbocycles. The molecule has 1 aliphatic rings. The molecule has 1 N–H and O–H groups in total. The molecule has 24 heavy (non-hydrogen) atoms. The summed E-state index contributed by atoms with van der Waals surface area (Å²) in [4.78, 5) is 18.3. The number of pyridine rings is 1. The smallest absolute Gasteiger partial charge is 0.227 e. The van der Waals surface area contributed by atoms with Crippen LogP contribution in [0.1, 0.15) is 25.5 Å². The number of unbranched alkanes of at least 4 members (excludes halogenated alkanes) is 1. The summed E-state index contributed by atoms with van der Waals surface area (Å²) in [6, 6.07) is 8.07. The van der Waals surface area contributed by atoms with Gasteiger partial charge in [0.05, 0.1) is 0 Å². The number of anilines is 3. The SMILES string of the molecule is CCCCNc1cc(C)nc(N2CCN(c3ccccn3)CC2)n1. The third-order valence-corrected chi connectivity index (χ3v) is 4.21. The summed E-state index contributed by atoms with van der Waals surface area (Å²) in [5, 5.41) is 3.40. The molecule has 3 rings (SSSR count). The van der Waals surface area contributed by atoms with E-state index in [1.54, 1.807) is 0 Å². The fourth-order valence-electron chi connectivity index (χ4n) is 2.85. The molecule has 0 atom stereocenters. The van der Waals surface area contributed by atoms with Crippen molar-refractivity contribution in [3.05, 3.63) is 36.2 Å². The molecule has 0 aromatic carbocycles. The zero-order valence-electron chi connectivity index (χ0n) is 14.6. The molecule has 1 fully saturated rings. The first kappa shape index (κ1) is 16.5. The van der Waals surface area contributed by atoms with Crippen LogP contribution in [-0.2, 0) is 0 Å². The lowest BCUT2D eigenvalue weighted by Gasteiger charge is -2.35. The van der Waals surface area contributed by atoms with Crippen molar-refractivity contribution in [1.82, 2.24) is 15.0 Å². The third kappa shape index (κ3) is 4.13. The summed E-state index contributed by atoms with van der Waals surface area (Å²) < 4.78 is 0. The van der Waals surface area contributed by atoms with E-state index in [0.29, 0.717) is 0 Å². The first-order valence-corrected chi connectivity index (χ1v) is 8.77.